The highest BCUT2D eigenvalue weighted by molar-refractivity contribution is 5.89. The van der Waals surface area contributed by atoms with E-state index in [2.05, 4.69) is 24.5 Å². The number of anilines is 1. The Morgan fingerprint density at radius 3 is 2.85 bits per heavy atom. The van der Waals surface area contributed by atoms with Gasteiger partial charge in [-0.3, -0.25) is 0 Å². The molecular formula is C16H24N2O2. The van der Waals surface area contributed by atoms with Crippen LogP contribution in [-0.4, -0.2) is 19.2 Å². The van der Waals surface area contributed by atoms with Crippen LogP contribution >= 0.6 is 0 Å². The Morgan fingerprint density at radius 1 is 1.30 bits per heavy atom. The van der Waals surface area contributed by atoms with Crippen LogP contribution in [-0.2, 0) is 0 Å². The fraction of sp³-hybridized carbons (Fsp3) is 0.562. The minimum absolute atomic E-state index is 0.135. The van der Waals surface area contributed by atoms with Crippen LogP contribution < -0.4 is 15.4 Å². The third-order valence-corrected chi connectivity index (χ3v) is 4.35. The Hall–Kier alpha value is -1.71. The van der Waals surface area contributed by atoms with Crippen LogP contribution in [0.3, 0.4) is 0 Å². The van der Waals surface area contributed by atoms with E-state index in [9.17, 15) is 4.79 Å². The molecule has 110 valence electrons. The number of urea groups is 1. The van der Waals surface area contributed by atoms with Gasteiger partial charge in [0, 0.05) is 17.8 Å². The van der Waals surface area contributed by atoms with Gasteiger partial charge in [-0.1, -0.05) is 32.8 Å². The monoisotopic (exact) mass is 276 g/mol. The Balaban J connectivity index is 1.91. The molecule has 0 spiro atoms. The van der Waals surface area contributed by atoms with Crippen molar-refractivity contribution in [3.63, 3.8) is 0 Å². The third kappa shape index (κ3) is 3.65. The van der Waals surface area contributed by atoms with Gasteiger partial charge in [-0.25, -0.2) is 4.79 Å². The Morgan fingerprint density at radius 2 is 2.10 bits per heavy atom. The van der Waals surface area contributed by atoms with Gasteiger partial charge in [-0.15, -0.1) is 0 Å². The number of benzene rings is 1. The van der Waals surface area contributed by atoms with Crippen LogP contribution in [0.15, 0.2) is 24.3 Å². The van der Waals surface area contributed by atoms with E-state index in [0.717, 1.165) is 17.9 Å². The maximum atomic E-state index is 12.1. The van der Waals surface area contributed by atoms with E-state index in [1.54, 1.807) is 7.11 Å². The molecule has 1 aliphatic rings. The van der Waals surface area contributed by atoms with Gasteiger partial charge in [0.15, 0.2) is 0 Å². The average molecular weight is 276 g/mol. The lowest BCUT2D eigenvalue weighted by Crippen LogP contribution is -2.45. The number of carbonyl (C=O) groups excluding carboxylic acids is 1. The van der Waals surface area contributed by atoms with E-state index in [1.165, 1.54) is 12.8 Å². The molecule has 2 amide bonds. The summed E-state index contributed by atoms with van der Waals surface area (Å²) in [5.74, 6) is 1.94. The summed E-state index contributed by atoms with van der Waals surface area (Å²) in [5.41, 5.74) is 0.748. The largest absolute Gasteiger partial charge is 0.497 e. The van der Waals surface area contributed by atoms with Gasteiger partial charge < -0.3 is 15.4 Å². The quantitative estimate of drug-likeness (QED) is 0.885. The second-order valence-corrected chi connectivity index (χ2v) is 5.70. The minimum Gasteiger partial charge on any atom is -0.497 e. The van der Waals surface area contributed by atoms with Crippen molar-refractivity contribution in [2.75, 3.05) is 12.4 Å². The van der Waals surface area contributed by atoms with Gasteiger partial charge in [-0.05, 0) is 30.4 Å². The number of ether oxygens (including phenoxy) is 1. The van der Waals surface area contributed by atoms with E-state index in [4.69, 9.17) is 4.74 Å². The summed E-state index contributed by atoms with van der Waals surface area (Å²) < 4.78 is 5.15. The fourth-order valence-electron chi connectivity index (χ4n) is 2.82. The van der Waals surface area contributed by atoms with E-state index in [1.807, 2.05) is 24.3 Å². The highest BCUT2D eigenvalue weighted by Crippen LogP contribution is 2.29. The molecule has 2 rings (SSSR count). The first-order valence-electron chi connectivity index (χ1n) is 7.31. The number of hydrogen-bond acceptors (Lipinski definition) is 2. The van der Waals surface area contributed by atoms with Crippen molar-refractivity contribution in [1.29, 1.82) is 0 Å². The van der Waals surface area contributed by atoms with Crippen LogP contribution in [0.4, 0.5) is 10.5 Å². The molecule has 1 fully saturated rings. The van der Waals surface area contributed by atoms with E-state index in [0.29, 0.717) is 11.8 Å². The topological polar surface area (TPSA) is 50.4 Å². The maximum Gasteiger partial charge on any atom is 0.319 e. The molecule has 2 N–H and O–H groups in total. The Kier molecular flexibility index (Phi) is 4.88. The molecule has 3 atom stereocenters. The van der Waals surface area contributed by atoms with E-state index >= 15 is 0 Å². The molecule has 0 radical (unpaired) electrons. The van der Waals surface area contributed by atoms with Crippen molar-refractivity contribution >= 4 is 11.7 Å². The molecule has 0 bridgehead atoms. The lowest BCUT2D eigenvalue weighted by atomic mass is 9.78. The summed E-state index contributed by atoms with van der Waals surface area (Å²) in [5, 5.41) is 5.96. The number of rotatable bonds is 3. The minimum atomic E-state index is -0.135. The zero-order chi connectivity index (χ0) is 14.5. The highest BCUT2D eigenvalue weighted by atomic mass is 16.5. The molecule has 20 heavy (non-hydrogen) atoms. The lowest BCUT2D eigenvalue weighted by molar-refractivity contribution is 0.201. The molecular weight excluding hydrogens is 252 g/mol. The van der Waals surface area contributed by atoms with Gasteiger partial charge in [0.2, 0.25) is 0 Å². The number of hydrogen-bond donors (Lipinski definition) is 2. The molecule has 0 aliphatic heterocycles. The summed E-state index contributed by atoms with van der Waals surface area (Å²) in [4.78, 5) is 12.1. The molecule has 0 saturated heterocycles. The predicted octanol–water partition coefficient (Wildman–Crippen LogP) is 3.64. The highest BCUT2D eigenvalue weighted by Gasteiger charge is 2.28. The number of amides is 2. The molecule has 1 saturated carbocycles. The first kappa shape index (κ1) is 14.7. The van der Waals surface area contributed by atoms with Gasteiger partial charge in [-0.2, -0.15) is 0 Å². The second kappa shape index (κ2) is 6.64. The van der Waals surface area contributed by atoms with Crippen molar-refractivity contribution in [3.8, 4) is 5.75 Å². The average Bonchev–Trinajstić information content (AvgIpc) is 2.44. The second-order valence-electron chi connectivity index (χ2n) is 5.70. The molecule has 4 heteroatoms. The maximum absolute atomic E-state index is 12.1. The van der Waals surface area contributed by atoms with Crippen LogP contribution in [0.5, 0.6) is 5.75 Å². The molecule has 1 aliphatic carbocycles. The summed E-state index contributed by atoms with van der Waals surface area (Å²) in [7, 11) is 1.62. The predicted molar refractivity (Wildman–Crippen MR) is 81.1 cm³/mol. The first-order valence-corrected chi connectivity index (χ1v) is 7.31. The molecule has 1 aromatic rings. The van der Waals surface area contributed by atoms with Crippen molar-refractivity contribution in [2.45, 2.75) is 39.2 Å². The molecule has 0 aromatic heterocycles. The first-order chi connectivity index (χ1) is 9.60. The summed E-state index contributed by atoms with van der Waals surface area (Å²) in [6, 6.07) is 7.52. The Bertz CT molecular complexity index is 462. The van der Waals surface area contributed by atoms with Crippen LogP contribution in [0.25, 0.3) is 0 Å². The SMILES string of the molecule is COc1cccc(NC(=O)NC2CCCC(C)C2C)c1. The van der Waals surface area contributed by atoms with Gasteiger partial charge >= 0.3 is 6.03 Å². The summed E-state index contributed by atoms with van der Waals surface area (Å²) in [6.45, 7) is 4.48. The van der Waals surface area contributed by atoms with Crippen molar-refractivity contribution < 1.29 is 9.53 Å². The van der Waals surface area contributed by atoms with E-state index < -0.39 is 0 Å². The number of carbonyl (C=O) groups is 1. The molecule has 3 unspecified atom stereocenters. The Labute approximate surface area is 120 Å². The van der Waals surface area contributed by atoms with Crippen LogP contribution in [0.2, 0.25) is 0 Å². The third-order valence-electron chi connectivity index (χ3n) is 4.35. The smallest absolute Gasteiger partial charge is 0.319 e. The van der Waals surface area contributed by atoms with Crippen LogP contribution in [0, 0.1) is 11.8 Å². The summed E-state index contributed by atoms with van der Waals surface area (Å²) in [6.07, 6.45) is 3.52. The van der Waals surface area contributed by atoms with Crippen LogP contribution in [0.1, 0.15) is 33.1 Å². The van der Waals surface area contributed by atoms with Crippen molar-refractivity contribution in [1.82, 2.24) is 5.32 Å². The van der Waals surface area contributed by atoms with Crippen molar-refractivity contribution in [3.05, 3.63) is 24.3 Å². The number of methoxy groups -OCH3 is 1. The molecule has 4 nitrogen and oxygen atoms in total. The standard InChI is InChI=1S/C16H24N2O2/c1-11-6-4-9-15(12(11)2)18-16(19)17-13-7-5-8-14(10-13)20-3/h5,7-8,10-12,15H,4,6,9H2,1-3H3,(H2,17,18,19). The zero-order valence-electron chi connectivity index (χ0n) is 12.5. The zero-order valence-corrected chi connectivity index (χ0v) is 12.5. The lowest BCUT2D eigenvalue weighted by Gasteiger charge is -2.34. The van der Waals surface area contributed by atoms with Gasteiger partial charge in [0.05, 0.1) is 7.11 Å². The van der Waals surface area contributed by atoms with Crippen molar-refractivity contribution in [2.24, 2.45) is 11.8 Å². The van der Waals surface area contributed by atoms with Gasteiger partial charge in [0.1, 0.15) is 5.75 Å². The summed E-state index contributed by atoms with van der Waals surface area (Å²) >= 11 is 0. The van der Waals surface area contributed by atoms with Gasteiger partial charge in [0.25, 0.3) is 0 Å². The fourth-order valence-corrected chi connectivity index (χ4v) is 2.82. The van der Waals surface area contributed by atoms with E-state index in [-0.39, 0.29) is 12.1 Å². The molecule has 1 aromatic carbocycles. The normalized spacial score (nSPS) is 25.9. The number of nitrogens with one attached hydrogen (secondary N) is 2. The molecule has 0 heterocycles.